The molecule has 0 aliphatic heterocycles. The molecule has 0 unspecified atom stereocenters. The number of nitrogens with zero attached hydrogens (tertiary/aromatic N) is 2. The molecule has 1 aliphatic carbocycles. The van der Waals surface area contributed by atoms with Crippen LogP contribution in [-0.2, 0) is 22.4 Å². The van der Waals surface area contributed by atoms with Gasteiger partial charge in [-0.1, -0.05) is 27.7 Å². The van der Waals surface area contributed by atoms with Crippen molar-refractivity contribution in [2.45, 2.75) is 59.4 Å². The maximum absolute atomic E-state index is 13.1. The van der Waals surface area contributed by atoms with E-state index >= 15 is 0 Å². The van der Waals surface area contributed by atoms with Gasteiger partial charge in [0.05, 0.1) is 18.3 Å². The maximum Gasteiger partial charge on any atom is 0.329 e. The van der Waals surface area contributed by atoms with Gasteiger partial charge in [0.25, 0.3) is 5.56 Å². The molecule has 0 bridgehead atoms. The molecule has 2 heterocycles. The summed E-state index contributed by atoms with van der Waals surface area (Å²) >= 11 is 1.63. The molecule has 25 heavy (non-hydrogen) atoms. The molecule has 0 N–H and O–H groups in total. The van der Waals surface area contributed by atoms with Crippen LogP contribution in [0.5, 0.6) is 0 Å². The second kappa shape index (κ2) is 7.28. The van der Waals surface area contributed by atoms with Crippen molar-refractivity contribution in [2.75, 3.05) is 6.61 Å². The first-order valence-corrected chi connectivity index (χ1v) is 9.92. The molecule has 1 aliphatic rings. The highest BCUT2D eigenvalue weighted by Gasteiger charge is 2.27. The van der Waals surface area contributed by atoms with Crippen LogP contribution >= 0.6 is 11.3 Å². The summed E-state index contributed by atoms with van der Waals surface area (Å²) in [6.45, 7) is 8.49. The second-order valence-corrected chi connectivity index (χ2v) is 8.52. The van der Waals surface area contributed by atoms with Crippen molar-refractivity contribution in [3.63, 3.8) is 0 Å². The van der Waals surface area contributed by atoms with Gasteiger partial charge in [-0.05, 0) is 43.1 Å². The third-order valence-corrected chi connectivity index (χ3v) is 5.96. The number of hydrogen-bond acceptors (Lipinski definition) is 5. The van der Waals surface area contributed by atoms with E-state index in [1.54, 1.807) is 11.3 Å². The quantitative estimate of drug-likeness (QED) is 0.760. The van der Waals surface area contributed by atoms with Crippen molar-refractivity contribution in [3.8, 4) is 0 Å². The number of carbonyl (C=O) groups is 1. The molecule has 2 aromatic rings. The fraction of sp³-hybridized carbons (Fsp3) is 0.632. The van der Waals surface area contributed by atoms with E-state index < -0.39 is 6.04 Å². The molecule has 5 nitrogen and oxygen atoms in total. The van der Waals surface area contributed by atoms with Crippen molar-refractivity contribution in [1.29, 1.82) is 0 Å². The van der Waals surface area contributed by atoms with Gasteiger partial charge in [-0.3, -0.25) is 9.36 Å². The Kier molecular flexibility index (Phi) is 5.27. The molecule has 0 saturated heterocycles. The molecule has 0 spiro atoms. The number of rotatable bonds is 5. The van der Waals surface area contributed by atoms with E-state index in [-0.39, 0.29) is 17.4 Å². The van der Waals surface area contributed by atoms with Crippen LogP contribution in [0.1, 0.15) is 57.0 Å². The topological polar surface area (TPSA) is 61.2 Å². The minimum Gasteiger partial charge on any atom is -0.464 e. The van der Waals surface area contributed by atoms with E-state index in [4.69, 9.17) is 4.74 Å². The molecule has 0 fully saturated rings. The highest BCUT2D eigenvalue weighted by molar-refractivity contribution is 7.18. The fourth-order valence-electron chi connectivity index (χ4n) is 3.39. The van der Waals surface area contributed by atoms with Crippen LogP contribution in [0.15, 0.2) is 11.1 Å². The Bertz CT molecular complexity index is 837. The Morgan fingerprint density at radius 1 is 1.48 bits per heavy atom. The van der Waals surface area contributed by atoms with Crippen LogP contribution in [-0.4, -0.2) is 22.1 Å². The van der Waals surface area contributed by atoms with E-state index in [9.17, 15) is 9.59 Å². The Balaban J connectivity index is 2.00. The van der Waals surface area contributed by atoms with Crippen LogP contribution in [0.25, 0.3) is 10.2 Å². The minimum atomic E-state index is -0.610. The lowest BCUT2D eigenvalue weighted by Gasteiger charge is -2.19. The second-order valence-electron chi connectivity index (χ2n) is 7.44. The first kappa shape index (κ1) is 18.1. The molecule has 0 saturated carbocycles. The largest absolute Gasteiger partial charge is 0.464 e. The zero-order valence-corrected chi connectivity index (χ0v) is 16.2. The third-order valence-electron chi connectivity index (χ3n) is 4.79. The zero-order chi connectivity index (χ0) is 18.1. The Hall–Kier alpha value is -1.69. The normalized spacial score (nSPS) is 18.4. The van der Waals surface area contributed by atoms with Crippen LogP contribution in [0.3, 0.4) is 0 Å². The van der Waals surface area contributed by atoms with Crippen molar-refractivity contribution in [3.05, 3.63) is 27.1 Å². The van der Waals surface area contributed by atoms with Crippen LogP contribution in [0.4, 0.5) is 0 Å². The average molecular weight is 362 g/mol. The van der Waals surface area contributed by atoms with E-state index in [1.807, 2.05) is 20.8 Å². The van der Waals surface area contributed by atoms with Gasteiger partial charge < -0.3 is 4.74 Å². The average Bonchev–Trinajstić information content (AvgIpc) is 2.93. The summed E-state index contributed by atoms with van der Waals surface area (Å²) in [5.41, 5.74) is 1.04. The van der Waals surface area contributed by atoms with Crippen molar-refractivity contribution >= 4 is 27.5 Å². The van der Waals surface area contributed by atoms with Crippen molar-refractivity contribution < 1.29 is 9.53 Å². The lowest BCUT2D eigenvalue weighted by atomic mass is 9.89. The summed E-state index contributed by atoms with van der Waals surface area (Å²) in [7, 11) is 0. The van der Waals surface area contributed by atoms with Gasteiger partial charge in [-0.2, -0.15) is 0 Å². The maximum atomic E-state index is 13.1. The molecule has 0 radical (unpaired) electrons. The molecule has 2 atom stereocenters. The molecule has 3 rings (SSSR count). The van der Waals surface area contributed by atoms with E-state index in [1.165, 1.54) is 15.8 Å². The lowest BCUT2D eigenvalue weighted by Crippen LogP contribution is -2.31. The zero-order valence-electron chi connectivity index (χ0n) is 15.4. The molecule has 0 aromatic carbocycles. The number of thiophene rings is 1. The van der Waals surface area contributed by atoms with E-state index in [0.29, 0.717) is 24.3 Å². The fourth-order valence-corrected chi connectivity index (χ4v) is 4.73. The smallest absolute Gasteiger partial charge is 0.329 e. The van der Waals surface area contributed by atoms with Gasteiger partial charge in [0.2, 0.25) is 0 Å². The highest BCUT2D eigenvalue weighted by Crippen LogP contribution is 2.35. The van der Waals surface area contributed by atoms with Crippen LogP contribution in [0, 0.1) is 11.8 Å². The molecule has 6 heteroatoms. The molecule has 136 valence electrons. The standard InChI is InChI=1S/C19H26N2O3S/c1-5-14(19(23)24-9-11(2)3)21-10-20-17-16(18(21)22)13-7-6-12(4)8-15(13)25-17/h10-12,14H,5-9H2,1-4H3/t12-,14+/m0/s1. The first-order chi connectivity index (χ1) is 11.9. The number of aromatic nitrogens is 2. The SMILES string of the molecule is CC[C@H](C(=O)OCC(C)C)n1cnc2sc3c(c2c1=O)CC[C@H](C)C3. The van der Waals surface area contributed by atoms with Gasteiger partial charge in [-0.25, -0.2) is 9.78 Å². The van der Waals surface area contributed by atoms with Crippen LogP contribution in [0.2, 0.25) is 0 Å². The Labute approximate surface area is 152 Å². The van der Waals surface area contributed by atoms with Gasteiger partial charge in [0.1, 0.15) is 10.9 Å². The number of hydrogen-bond donors (Lipinski definition) is 0. The van der Waals surface area contributed by atoms with Gasteiger partial charge in [0, 0.05) is 4.88 Å². The number of esters is 1. The van der Waals surface area contributed by atoms with Gasteiger partial charge in [-0.15, -0.1) is 11.3 Å². The molecule has 0 amide bonds. The summed E-state index contributed by atoms with van der Waals surface area (Å²) in [5.74, 6) is 0.569. The predicted octanol–water partition coefficient (Wildman–Crippen LogP) is 3.73. The number of carbonyl (C=O) groups excluding carboxylic acids is 1. The highest BCUT2D eigenvalue weighted by atomic mass is 32.1. The van der Waals surface area contributed by atoms with Gasteiger partial charge in [0.15, 0.2) is 0 Å². The summed E-state index contributed by atoms with van der Waals surface area (Å²) in [4.78, 5) is 32.1. The Morgan fingerprint density at radius 3 is 2.92 bits per heavy atom. The monoisotopic (exact) mass is 362 g/mol. The third kappa shape index (κ3) is 3.50. The summed E-state index contributed by atoms with van der Waals surface area (Å²) in [6.07, 6.45) is 5.06. The number of aryl methyl sites for hydroxylation is 1. The molecular formula is C19H26N2O3S. The number of ether oxygens (including phenoxy) is 1. The van der Waals surface area contributed by atoms with Crippen molar-refractivity contribution in [1.82, 2.24) is 9.55 Å². The minimum absolute atomic E-state index is 0.106. The predicted molar refractivity (Wildman–Crippen MR) is 100 cm³/mol. The molecular weight excluding hydrogens is 336 g/mol. The molecule has 2 aromatic heterocycles. The van der Waals surface area contributed by atoms with E-state index in [2.05, 4.69) is 11.9 Å². The number of fused-ring (bicyclic) bond motifs is 3. The lowest BCUT2D eigenvalue weighted by molar-refractivity contribution is -0.149. The van der Waals surface area contributed by atoms with E-state index in [0.717, 1.165) is 29.7 Å². The summed E-state index contributed by atoms with van der Waals surface area (Å²) in [6, 6.07) is -0.610. The van der Waals surface area contributed by atoms with Crippen LogP contribution < -0.4 is 5.56 Å². The first-order valence-electron chi connectivity index (χ1n) is 9.10. The Morgan fingerprint density at radius 2 is 2.24 bits per heavy atom. The van der Waals surface area contributed by atoms with Crippen molar-refractivity contribution in [2.24, 2.45) is 11.8 Å². The summed E-state index contributed by atoms with van der Waals surface area (Å²) in [5, 5.41) is 0.713. The van der Waals surface area contributed by atoms with Gasteiger partial charge >= 0.3 is 5.97 Å². The summed E-state index contributed by atoms with van der Waals surface area (Å²) < 4.78 is 6.83.